The summed E-state index contributed by atoms with van der Waals surface area (Å²) in [7, 11) is 0. The van der Waals surface area contributed by atoms with Gasteiger partial charge in [-0.25, -0.2) is 14.2 Å². The highest BCUT2D eigenvalue weighted by Crippen LogP contribution is 2.28. The Kier molecular flexibility index (Phi) is 5.82. The minimum Gasteiger partial charge on any atom is -0.354 e. The van der Waals surface area contributed by atoms with Gasteiger partial charge in [-0.05, 0) is 29.3 Å². The van der Waals surface area contributed by atoms with Crippen LogP contribution in [-0.2, 0) is 21.1 Å². The van der Waals surface area contributed by atoms with Gasteiger partial charge in [-0.1, -0.05) is 24.3 Å². The van der Waals surface area contributed by atoms with E-state index in [4.69, 9.17) is 15.5 Å². The molecule has 26 heavy (non-hydrogen) atoms. The molecule has 2 aromatic carbocycles. The zero-order valence-corrected chi connectivity index (χ0v) is 14.6. The lowest BCUT2D eigenvalue weighted by Crippen LogP contribution is -2.46. The van der Waals surface area contributed by atoms with Gasteiger partial charge in [0.2, 0.25) is 5.91 Å². The second-order valence-electron chi connectivity index (χ2n) is 6.19. The molecule has 0 spiro atoms. The summed E-state index contributed by atoms with van der Waals surface area (Å²) in [6.45, 7) is 2.92. The fourth-order valence-corrected chi connectivity index (χ4v) is 2.81. The number of anilines is 1. The van der Waals surface area contributed by atoms with Crippen molar-refractivity contribution in [2.75, 3.05) is 24.7 Å². The van der Waals surface area contributed by atoms with E-state index in [1.807, 2.05) is 35.2 Å². The summed E-state index contributed by atoms with van der Waals surface area (Å²) >= 11 is 0. The highest BCUT2D eigenvalue weighted by molar-refractivity contribution is 5.72. The molecule has 1 saturated heterocycles. The van der Waals surface area contributed by atoms with Crippen molar-refractivity contribution in [2.24, 2.45) is 5.73 Å². The second kappa shape index (κ2) is 8.27. The number of nitrogens with zero attached hydrogens (tertiary/aromatic N) is 1. The van der Waals surface area contributed by atoms with Crippen LogP contribution in [0.15, 0.2) is 42.5 Å². The first-order valence-electron chi connectivity index (χ1n) is 8.43. The van der Waals surface area contributed by atoms with Crippen LogP contribution in [0.5, 0.6) is 0 Å². The van der Waals surface area contributed by atoms with Crippen LogP contribution in [-0.4, -0.2) is 31.8 Å². The number of hydrogen-bond acceptors (Lipinski definition) is 5. The fourth-order valence-electron chi connectivity index (χ4n) is 2.81. The molecule has 138 valence electrons. The van der Waals surface area contributed by atoms with Crippen molar-refractivity contribution < 1.29 is 19.0 Å². The van der Waals surface area contributed by atoms with Gasteiger partial charge >= 0.3 is 0 Å². The molecule has 1 aliphatic heterocycles. The van der Waals surface area contributed by atoms with Crippen LogP contribution in [0.3, 0.4) is 0 Å². The number of amides is 1. The minimum atomic E-state index is -0.320. The number of rotatable bonds is 5. The standard InChI is InChI=1S/C19H22FN3O3/c1-13(24)22-10-17-11-23(12-25-26-17)16-6-7-18(19(20)8-16)15-4-2-14(9-21)3-5-15/h2-8,17H,9-12,21H2,1H3,(H,22,24)/t17-/m0/s1. The number of halogens is 1. The third-order valence-electron chi connectivity index (χ3n) is 4.23. The molecule has 0 bridgehead atoms. The van der Waals surface area contributed by atoms with Crippen molar-refractivity contribution in [2.45, 2.75) is 19.6 Å². The Morgan fingerprint density at radius 1 is 1.31 bits per heavy atom. The molecular formula is C19H22FN3O3. The Morgan fingerprint density at radius 2 is 2.08 bits per heavy atom. The fraction of sp³-hybridized carbons (Fsp3) is 0.316. The maximum atomic E-state index is 14.6. The molecule has 3 rings (SSSR count). The quantitative estimate of drug-likeness (QED) is 0.801. The Hall–Kier alpha value is -2.48. The molecule has 0 radical (unpaired) electrons. The number of carbonyl (C=O) groups excluding carboxylic acids is 1. The average molecular weight is 359 g/mol. The van der Waals surface area contributed by atoms with Crippen molar-refractivity contribution >= 4 is 11.6 Å². The molecule has 0 aliphatic carbocycles. The van der Waals surface area contributed by atoms with E-state index in [1.165, 1.54) is 13.0 Å². The molecule has 1 aliphatic rings. The van der Waals surface area contributed by atoms with Crippen molar-refractivity contribution in [3.63, 3.8) is 0 Å². The topological polar surface area (TPSA) is 76.8 Å². The summed E-state index contributed by atoms with van der Waals surface area (Å²) in [5.74, 6) is -0.449. The van der Waals surface area contributed by atoms with Crippen molar-refractivity contribution in [3.05, 3.63) is 53.8 Å². The molecule has 6 nitrogen and oxygen atoms in total. The predicted octanol–water partition coefficient (Wildman–Crippen LogP) is 2.18. The molecule has 1 atom stereocenters. The first kappa shape index (κ1) is 18.3. The second-order valence-corrected chi connectivity index (χ2v) is 6.19. The largest absolute Gasteiger partial charge is 0.354 e. The summed E-state index contributed by atoms with van der Waals surface area (Å²) in [6, 6.07) is 12.6. The zero-order chi connectivity index (χ0) is 18.5. The molecule has 1 heterocycles. The van der Waals surface area contributed by atoms with Gasteiger partial charge in [0.15, 0.2) is 6.73 Å². The van der Waals surface area contributed by atoms with E-state index >= 15 is 0 Å². The SMILES string of the molecule is CC(=O)NC[C@H]1CN(c2ccc(-c3ccc(CN)cc3)c(F)c2)COO1. The predicted molar refractivity (Wildman–Crippen MR) is 96.6 cm³/mol. The van der Waals surface area contributed by atoms with Crippen LogP contribution in [0.25, 0.3) is 11.1 Å². The lowest BCUT2D eigenvalue weighted by molar-refractivity contribution is -0.336. The van der Waals surface area contributed by atoms with Gasteiger partial charge in [0, 0.05) is 31.3 Å². The molecule has 1 fully saturated rings. The van der Waals surface area contributed by atoms with Crippen LogP contribution in [0.4, 0.5) is 10.1 Å². The Morgan fingerprint density at radius 3 is 2.73 bits per heavy atom. The average Bonchev–Trinajstić information content (AvgIpc) is 2.66. The summed E-state index contributed by atoms with van der Waals surface area (Å²) in [5, 5.41) is 2.68. The van der Waals surface area contributed by atoms with Gasteiger partial charge in [-0.2, -0.15) is 0 Å². The van der Waals surface area contributed by atoms with Crippen molar-refractivity contribution in [1.29, 1.82) is 0 Å². The van der Waals surface area contributed by atoms with Gasteiger partial charge in [0.05, 0.1) is 6.54 Å². The van der Waals surface area contributed by atoms with Crippen molar-refractivity contribution in [1.82, 2.24) is 5.32 Å². The Bertz CT molecular complexity index is 767. The first-order chi connectivity index (χ1) is 12.6. The van der Waals surface area contributed by atoms with Crippen LogP contribution in [0.2, 0.25) is 0 Å². The lowest BCUT2D eigenvalue weighted by Gasteiger charge is -2.33. The molecule has 7 heteroatoms. The highest BCUT2D eigenvalue weighted by atomic mass is 19.1. The lowest BCUT2D eigenvalue weighted by atomic mass is 10.0. The van der Waals surface area contributed by atoms with Gasteiger partial charge < -0.3 is 16.0 Å². The van der Waals surface area contributed by atoms with E-state index < -0.39 is 0 Å². The Balaban J connectivity index is 1.73. The van der Waals surface area contributed by atoms with Crippen LogP contribution >= 0.6 is 0 Å². The highest BCUT2D eigenvalue weighted by Gasteiger charge is 2.23. The minimum absolute atomic E-state index is 0.137. The number of nitrogens with one attached hydrogen (secondary N) is 1. The third kappa shape index (κ3) is 4.37. The number of hydrogen-bond donors (Lipinski definition) is 2. The van der Waals surface area contributed by atoms with E-state index in [0.717, 1.165) is 11.1 Å². The van der Waals surface area contributed by atoms with Crippen LogP contribution in [0, 0.1) is 5.82 Å². The van der Waals surface area contributed by atoms with E-state index in [9.17, 15) is 9.18 Å². The van der Waals surface area contributed by atoms with Gasteiger partial charge in [-0.3, -0.25) is 4.79 Å². The third-order valence-corrected chi connectivity index (χ3v) is 4.23. The molecule has 0 unspecified atom stereocenters. The van der Waals surface area contributed by atoms with Crippen molar-refractivity contribution in [3.8, 4) is 11.1 Å². The van der Waals surface area contributed by atoms with Gasteiger partial charge in [-0.15, -0.1) is 0 Å². The monoisotopic (exact) mass is 359 g/mol. The smallest absolute Gasteiger partial charge is 0.216 e. The Labute approximate surface area is 151 Å². The molecule has 0 saturated carbocycles. The summed E-state index contributed by atoms with van der Waals surface area (Å²) in [4.78, 5) is 23.1. The normalized spacial score (nSPS) is 17.2. The molecular weight excluding hydrogens is 337 g/mol. The van der Waals surface area contributed by atoms with Gasteiger partial charge in [0.25, 0.3) is 0 Å². The molecule has 2 aromatic rings. The van der Waals surface area contributed by atoms with E-state index in [-0.39, 0.29) is 24.6 Å². The van der Waals surface area contributed by atoms with Crippen LogP contribution in [0.1, 0.15) is 12.5 Å². The van der Waals surface area contributed by atoms with Crippen LogP contribution < -0.4 is 16.0 Å². The maximum absolute atomic E-state index is 14.6. The first-order valence-corrected chi connectivity index (χ1v) is 8.43. The van der Waals surface area contributed by atoms with E-state index in [0.29, 0.717) is 30.9 Å². The van der Waals surface area contributed by atoms with E-state index in [1.54, 1.807) is 6.07 Å². The summed E-state index contributed by atoms with van der Waals surface area (Å²) in [6.07, 6.45) is -0.320. The number of benzene rings is 2. The zero-order valence-electron chi connectivity index (χ0n) is 14.6. The van der Waals surface area contributed by atoms with E-state index in [2.05, 4.69) is 5.32 Å². The maximum Gasteiger partial charge on any atom is 0.216 e. The summed E-state index contributed by atoms with van der Waals surface area (Å²) in [5.41, 5.74) is 8.62. The molecule has 0 aromatic heterocycles. The number of carbonyl (C=O) groups is 1. The molecule has 3 N–H and O–H groups in total. The summed E-state index contributed by atoms with van der Waals surface area (Å²) < 4.78 is 14.6. The number of nitrogens with two attached hydrogens (primary N) is 1. The van der Waals surface area contributed by atoms with Gasteiger partial charge in [0.1, 0.15) is 11.9 Å². The molecule has 1 amide bonds.